The largest absolute Gasteiger partial charge is 0.461 e. The van der Waals surface area contributed by atoms with Crippen LogP contribution in [0.2, 0.25) is 0 Å². The van der Waals surface area contributed by atoms with Crippen molar-refractivity contribution in [3.05, 3.63) is 23.3 Å². The van der Waals surface area contributed by atoms with Crippen molar-refractivity contribution in [2.75, 3.05) is 0 Å². The molecule has 1 rings (SSSR count). The van der Waals surface area contributed by atoms with E-state index in [0.29, 0.717) is 12.0 Å². The quantitative estimate of drug-likeness (QED) is 0.560. The molecule has 25 heavy (non-hydrogen) atoms. The van der Waals surface area contributed by atoms with Gasteiger partial charge in [-0.2, -0.15) is 0 Å². The predicted molar refractivity (Wildman–Crippen MR) is 96.8 cm³/mol. The van der Waals surface area contributed by atoms with Gasteiger partial charge in [0.2, 0.25) is 0 Å². The van der Waals surface area contributed by atoms with Crippen molar-refractivity contribution < 1.29 is 24.5 Å². The Morgan fingerprint density at radius 1 is 1.08 bits per heavy atom. The Hall–Kier alpha value is -1.46. The van der Waals surface area contributed by atoms with E-state index in [4.69, 9.17) is 4.74 Å². The zero-order valence-corrected chi connectivity index (χ0v) is 16.2. The Bertz CT molecular complexity index is 548. The molecule has 6 atom stereocenters. The van der Waals surface area contributed by atoms with Gasteiger partial charge in [0.05, 0.1) is 18.1 Å². The summed E-state index contributed by atoms with van der Waals surface area (Å²) in [7, 11) is 0. The summed E-state index contributed by atoms with van der Waals surface area (Å²) in [6.45, 7) is 10.8. The summed E-state index contributed by atoms with van der Waals surface area (Å²) >= 11 is 0. The molecule has 1 aliphatic heterocycles. The summed E-state index contributed by atoms with van der Waals surface area (Å²) in [4.78, 5) is 24.6. The van der Waals surface area contributed by atoms with Gasteiger partial charge in [0, 0.05) is 12.3 Å². The maximum absolute atomic E-state index is 12.4. The fourth-order valence-electron chi connectivity index (χ4n) is 3.24. The number of aliphatic hydroxyl groups is 2. The molecule has 0 amide bonds. The molecule has 0 radical (unpaired) electrons. The lowest BCUT2D eigenvalue weighted by Gasteiger charge is -2.27. The number of cyclic esters (lactones) is 1. The Morgan fingerprint density at radius 2 is 1.68 bits per heavy atom. The lowest BCUT2D eigenvalue weighted by Crippen LogP contribution is -2.34. The average Bonchev–Trinajstić information content (AvgIpc) is 2.55. The van der Waals surface area contributed by atoms with Gasteiger partial charge in [-0.25, -0.2) is 0 Å². The first-order valence-electron chi connectivity index (χ1n) is 9.04. The molecule has 0 aliphatic carbocycles. The molecule has 2 N–H and O–H groups in total. The van der Waals surface area contributed by atoms with Crippen LogP contribution in [0.25, 0.3) is 0 Å². The zero-order chi connectivity index (χ0) is 19.3. The van der Waals surface area contributed by atoms with Gasteiger partial charge in [0.15, 0.2) is 5.78 Å². The van der Waals surface area contributed by atoms with Gasteiger partial charge in [0.25, 0.3) is 0 Å². The van der Waals surface area contributed by atoms with E-state index < -0.39 is 24.1 Å². The third kappa shape index (κ3) is 5.79. The molecule has 142 valence electrons. The highest BCUT2D eigenvalue weighted by Crippen LogP contribution is 2.24. The van der Waals surface area contributed by atoms with E-state index in [9.17, 15) is 19.8 Å². The highest BCUT2D eigenvalue weighted by atomic mass is 16.5. The second-order valence-corrected chi connectivity index (χ2v) is 7.37. The molecule has 0 bridgehead atoms. The molecule has 0 fully saturated rings. The van der Waals surface area contributed by atoms with Crippen LogP contribution in [0.5, 0.6) is 0 Å². The minimum atomic E-state index is -1.07. The van der Waals surface area contributed by atoms with Crippen LogP contribution in [0.4, 0.5) is 0 Å². The first-order chi connectivity index (χ1) is 11.6. The minimum absolute atomic E-state index is 0.0737. The normalized spacial score (nSPS) is 36.2. The molecule has 5 nitrogen and oxygen atoms in total. The molecular weight excluding hydrogens is 320 g/mol. The van der Waals surface area contributed by atoms with Crippen LogP contribution in [0.1, 0.15) is 54.4 Å². The fraction of sp³-hybridized carbons (Fsp3) is 0.700. The maximum Gasteiger partial charge on any atom is 0.311 e. The molecule has 0 aromatic heterocycles. The molecule has 0 saturated heterocycles. The Labute approximate surface area is 150 Å². The number of ketones is 1. The van der Waals surface area contributed by atoms with Gasteiger partial charge in [-0.15, -0.1) is 0 Å². The van der Waals surface area contributed by atoms with Crippen LogP contribution in [-0.4, -0.2) is 40.3 Å². The van der Waals surface area contributed by atoms with Crippen molar-refractivity contribution in [2.45, 2.75) is 72.7 Å². The Kier molecular flexibility index (Phi) is 8.03. The topological polar surface area (TPSA) is 83.8 Å². The van der Waals surface area contributed by atoms with Crippen LogP contribution in [0.3, 0.4) is 0 Å². The minimum Gasteiger partial charge on any atom is -0.461 e. The molecule has 5 heteroatoms. The van der Waals surface area contributed by atoms with Gasteiger partial charge < -0.3 is 14.9 Å². The molecule has 0 spiro atoms. The average molecular weight is 352 g/mol. The highest BCUT2D eigenvalue weighted by molar-refractivity contribution is 5.90. The summed E-state index contributed by atoms with van der Waals surface area (Å²) in [6.07, 6.45) is 1.96. The number of rotatable bonds is 1. The second-order valence-electron chi connectivity index (χ2n) is 7.37. The molecule has 0 aromatic rings. The van der Waals surface area contributed by atoms with Crippen molar-refractivity contribution in [1.82, 2.24) is 0 Å². The maximum atomic E-state index is 12.4. The molecule has 1 heterocycles. The van der Waals surface area contributed by atoms with Crippen molar-refractivity contribution in [3.8, 4) is 0 Å². The third-order valence-electron chi connectivity index (χ3n) is 5.01. The number of esters is 1. The number of aliphatic hydroxyl groups excluding tert-OH is 2. The molecular formula is C20H32O5. The van der Waals surface area contributed by atoms with E-state index in [1.54, 1.807) is 13.8 Å². The van der Waals surface area contributed by atoms with Gasteiger partial charge in [-0.05, 0) is 50.3 Å². The zero-order valence-electron chi connectivity index (χ0n) is 16.2. The smallest absolute Gasteiger partial charge is 0.311 e. The first-order valence-corrected chi connectivity index (χ1v) is 9.04. The second kappa shape index (κ2) is 9.30. The fourth-order valence-corrected chi connectivity index (χ4v) is 3.24. The lowest BCUT2D eigenvalue weighted by atomic mass is 9.89. The summed E-state index contributed by atoms with van der Waals surface area (Å²) < 4.78 is 5.59. The van der Waals surface area contributed by atoms with E-state index in [1.165, 1.54) is 6.08 Å². The monoisotopic (exact) mass is 352 g/mol. The van der Waals surface area contributed by atoms with Gasteiger partial charge >= 0.3 is 5.97 Å². The van der Waals surface area contributed by atoms with Gasteiger partial charge in [-0.1, -0.05) is 26.8 Å². The number of ether oxygens (including phenoxy) is 1. The number of allylic oxidation sites excluding steroid dienone is 1. The van der Waals surface area contributed by atoms with Crippen LogP contribution in [0, 0.1) is 17.8 Å². The standard InChI is InChI=1S/C20H32O5/c1-7-17-11(2)8-12(3)18(22)13(4)9-16(21)10-14(5)19(23)15(6)20(24)25-17/h8,10-11,13,15,17-19,22-23H,7,9H2,1-6H3/t11-,13-,15-,17-,18-,19-/m0/s1. The van der Waals surface area contributed by atoms with Crippen LogP contribution < -0.4 is 0 Å². The molecule has 0 aromatic carbocycles. The van der Waals surface area contributed by atoms with Crippen LogP contribution in [-0.2, 0) is 14.3 Å². The predicted octanol–water partition coefficient (Wildman–Crippen LogP) is 2.80. The first kappa shape index (κ1) is 21.6. The highest BCUT2D eigenvalue weighted by Gasteiger charge is 2.29. The van der Waals surface area contributed by atoms with Crippen LogP contribution in [0.15, 0.2) is 23.3 Å². The van der Waals surface area contributed by atoms with Gasteiger partial charge in [-0.3, -0.25) is 9.59 Å². The van der Waals surface area contributed by atoms with E-state index in [0.717, 1.165) is 5.57 Å². The summed E-state index contributed by atoms with van der Waals surface area (Å²) in [5, 5.41) is 20.8. The summed E-state index contributed by atoms with van der Waals surface area (Å²) in [5.41, 5.74) is 1.20. The third-order valence-corrected chi connectivity index (χ3v) is 5.01. The summed E-state index contributed by atoms with van der Waals surface area (Å²) in [5.74, 6) is -1.71. The number of carbonyl (C=O) groups is 2. The SMILES string of the molecule is CC[C@@H]1OC(=O)[C@@H](C)[C@@H](O)C(C)=CC(=O)C[C@H](C)[C@@H](O)C(C)=C[C@@H]1C. The van der Waals surface area contributed by atoms with E-state index >= 15 is 0 Å². The summed E-state index contributed by atoms with van der Waals surface area (Å²) in [6, 6.07) is 0. The Balaban J connectivity index is 3.23. The van der Waals surface area contributed by atoms with E-state index in [-0.39, 0.29) is 30.1 Å². The van der Waals surface area contributed by atoms with E-state index in [2.05, 4.69) is 0 Å². The Morgan fingerprint density at radius 3 is 2.24 bits per heavy atom. The number of hydrogen-bond acceptors (Lipinski definition) is 5. The number of carbonyl (C=O) groups excluding carboxylic acids is 2. The molecule has 0 saturated carbocycles. The number of hydrogen-bond donors (Lipinski definition) is 2. The van der Waals surface area contributed by atoms with Crippen molar-refractivity contribution >= 4 is 11.8 Å². The lowest BCUT2D eigenvalue weighted by molar-refractivity contribution is -0.158. The molecule has 0 unspecified atom stereocenters. The van der Waals surface area contributed by atoms with Crippen LogP contribution >= 0.6 is 0 Å². The van der Waals surface area contributed by atoms with Gasteiger partial charge in [0.1, 0.15) is 6.10 Å². The molecule has 1 aliphatic rings. The van der Waals surface area contributed by atoms with E-state index in [1.807, 2.05) is 33.8 Å². The van der Waals surface area contributed by atoms with Crippen molar-refractivity contribution in [1.29, 1.82) is 0 Å². The van der Waals surface area contributed by atoms with Crippen molar-refractivity contribution in [3.63, 3.8) is 0 Å². The van der Waals surface area contributed by atoms with Crippen molar-refractivity contribution in [2.24, 2.45) is 17.8 Å².